The third-order valence-electron chi connectivity index (χ3n) is 4.15. The predicted octanol–water partition coefficient (Wildman–Crippen LogP) is 2.88. The Hall–Kier alpha value is -3.91. The van der Waals surface area contributed by atoms with Crippen LogP contribution >= 0.6 is 0 Å². The average Bonchev–Trinajstić information content (AvgIpc) is 2.76. The number of nitrogens with one attached hydrogen (secondary N) is 3. The zero-order chi connectivity index (χ0) is 24.2. The number of halogens is 2. The second-order valence-corrected chi connectivity index (χ2v) is 7.69. The fourth-order valence-corrected chi connectivity index (χ4v) is 3.27. The first-order valence-electron chi connectivity index (χ1n) is 9.10. The quantitative estimate of drug-likeness (QED) is 0.361. The minimum absolute atomic E-state index is 0.0365. The van der Waals surface area contributed by atoms with Crippen LogP contribution in [0.3, 0.4) is 0 Å². The lowest BCUT2D eigenvalue weighted by Gasteiger charge is -2.15. The molecule has 0 bridgehead atoms. The summed E-state index contributed by atoms with van der Waals surface area (Å²) in [5.74, 6) is -0.891. The Morgan fingerprint density at radius 1 is 0.939 bits per heavy atom. The lowest BCUT2D eigenvalue weighted by molar-refractivity contribution is 0.324. The summed E-state index contributed by atoms with van der Waals surface area (Å²) in [6, 6.07) is 6.24. The lowest BCUT2D eigenvalue weighted by Crippen LogP contribution is -2.22. The van der Waals surface area contributed by atoms with Crippen molar-refractivity contribution in [3.63, 3.8) is 0 Å². The normalized spacial score (nSPS) is 11.0. The number of aromatic nitrogens is 2. The van der Waals surface area contributed by atoms with E-state index in [-0.39, 0.29) is 23.1 Å². The number of benzene rings is 2. The van der Waals surface area contributed by atoms with Gasteiger partial charge in [-0.05, 0) is 18.2 Å². The molecular weight excluding hydrogens is 462 g/mol. The highest BCUT2D eigenvalue weighted by Crippen LogP contribution is 2.40. The summed E-state index contributed by atoms with van der Waals surface area (Å²) >= 11 is 0. The van der Waals surface area contributed by atoms with Crippen molar-refractivity contribution >= 4 is 39.0 Å². The van der Waals surface area contributed by atoms with Gasteiger partial charge in [0.2, 0.25) is 11.7 Å². The Bertz CT molecular complexity index is 1250. The number of ether oxygens (including phenoxy) is 3. The standard InChI is InChI=1S/C19H20F2N6O5S/c1-30-15-7-11(8-16(31-2)17(15)32-3)24-19-23-9-12(21)18(26-19)25-14-6-10(20)4-5-13(14)27-33(22,28)29/h4-9,27H,1-3H3,(H2,22,28,29)(H2,23,24,25,26). The summed E-state index contributed by atoms with van der Waals surface area (Å²) in [5, 5.41) is 10.4. The third kappa shape index (κ3) is 5.87. The van der Waals surface area contributed by atoms with Crippen molar-refractivity contribution in [2.24, 2.45) is 5.14 Å². The highest BCUT2D eigenvalue weighted by atomic mass is 32.2. The molecule has 0 unspecified atom stereocenters. The number of hydrogen-bond acceptors (Lipinski definition) is 9. The van der Waals surface area contributed by atoms with Gasteiger partial charge in [-0.2, -0.15) is 13.4 Å². The summed E-state index contributed by atoms with van der Waals surface area (Å²) in [5.41, 5.74) is 0.195. The Kier molecular flexibility index (Phi) is 6.98. The molecule has 11 nitrogen and oxygen atoms in total. The van der Waals surface area contributed by atoms with E-state index in [0.717, 1.165) is 24.4 Å². The maximum absolute atomic E-state index is 14.4. The largest absolute Gasteiger partial charge is 0.493 e. The van der Waals surface area contributed by atoms with E-state index in [4.69, 9.17) is 19.3 Å². The molecule has 33 heavy (non-hydrogen) atoms. The van der Waals surface area contributed by atoms with E-state index in [2.05, 4.69) is 20.6 Å². The molecule has 1 aromatic heterocycles. The maximum atomic E-state index is 14.4. The molecule has 0 saturated heterocycles. The van der Waals surface area contributed by atoms with E-state index in [9.17, 15) is 17.2 Å². The minimum atomic E-state index is -4.17. The zero-order valence-corrected chi connectivity index (χ0v) is 18.5. The average molecular weight is 482 g/mol. The molecule has 14 heteroatoms. The summed E-state index contributed by atoms with van der Waals surface area (Å²) in [4.78, 5) is 7.90. The molecule has 176 valence electrons. The molecule has 0 radical (unpaired) electrons. The summed E-state index contributed by atoms with van der Waals surface area (Å²) in [6.07, 6.45) is 0.877. The van der Waals surface area contributed by atoms with Crippen molar-refractivity contribution in [2.75, 3.05) is 36.7 Å². The number of methoxy groups -OCH3 is 3. The summed E-state index contributed by atoms with van der Waals surface area (Å²) in [6.45, 7) is 0. The molecule has 3 aromatic rings. The fraction of sp³-hybridized carbons (Fsp3) is 0.158. The molecule has 0 atom stereocenters. The highest BCUT2D eigenvalue weighted by Gasteiger charge is 2.16. The predicted molar refractivity (Wildman–Crippen MR) is 118 cm³/mol. The van der Waals surface area contributed by atoms with Gasteiger partial charge in [-0.3, -0.25) is 4.72 Å². The molecule has 0 aliphatic carbocycles. The van der Waals surface area contributed by atoms with Crippen LogP contribution in [-0.2, 0) is 10.2 Å². The Balaban J connectivity index is 1.94. The second kappa shape index (κ2) is 9.70. The SMILES string of the molecule is COc1cc(Nc2ncc(F)c(Nc3cc(F)ccc3NS(N)(=O)=O)n2)cc(OC)c1OC. The number of nitrogens with two attached hydrogens (primary N) is 1. The van der Waals surface area contributed by atoms with Crippen LogP contribution in [-0.4, -0.2) is 39.7 Å². The van der Waals surface area contributed by atoms with Gasteiger partial charge in [-0.1, -0.05) is 0 Å². The van der Waals surface area contributed by atoms with E-state index < -0.39 is 21.8 Å². The van der Waals surface area contributed by atoms with Gasteiger partial charge in [-0.25, -0.2) is 18.9 Å². The van der Waals surface area contributed by atoms with Gasteiger partial charge in [0.25, 0.3) is 10.2 Å². The van der Waals surface area contributed by atoms with Crippen LogP contribution < -0.4 is 34.7 Å². The molecule has 3 rings (SSSR count). The van der Waals surface area contributed by atoms with Crippen molar-refractivity contribution in [1.29, 1.82) is 0 Å². The van der Waals surface area contributed by atoms with Crippen molar-refractivity contribution in [2.45, 2.75) is 0 Å². The van der Waals surface area contributed by atoms with Crippen molar-refractivity contribution in [1.82, 2.24) is 9.97 Å². The molecule has 0 fully saturated rings. The number of nitrogens with zero attached hydrogens (tertiary/aromatic N) is 2. The summed E-state index contributed by atoms with van der Waals surface area (Å²) in [7, 11) is 0.186. The van der Waals surface area contributed by atoms with Gasteiger partial charge < -0.3 is 24.8 Å². The van der Waals surface area contributed by atoms with E-state index in [1.165, 1.54) is 21.3 Å². The van der Waals surface area contributed by atoms with Crippen molar-refractivity contribution in [3.8, 4) is 17.2 Å². The third-order valence-corrected chi connectivity index (χ3v) is 4.66. The molecule has 0 aliphatic rings. The first-order chi connectivity index (χ1) is 15.6. The van der Waals surface area contributed by atoms with Gasteiger partial charge in [0.1, 0.15) is 5.82 Å². The Labute approximate surface area is 188 Å². The molecule has 0 amide bonds. The fourth-order valence-electron chi connectivity index (χ4n) is 2.79. The van der Waals surface area contributed by atoms with Crippen LogP contribution in [0, 0.1) is 11.6 Å². The highest BCUT2D eigenvalue weighted by molar-refractivity contribution is 7.90. The smallest absolute Gasteiger partial charge is 0.296 e. The molecule has 0 aliphatic heterocycles. The number of hydrogen-bond donors (Lipinski definition) is 4. The topological polar surface area (TPSA) is 150 Å². The zero-order valence-electron chi connectivity index (χ0n) is 17.6. The molecule has 2 aromatic carbocycles. The Morgan fingerprint density at radius 2 is 1.61 bits per heavy atom. The molecule has 5 N–H and O–H groups in total. The van der Waals surface area contributed by atoms with Crippen LogP contribution in [0.4, 0.5) is 37.6 Å². The van der Waals surface area contributed by atoms with Crippen molar-refractivity contribution < 1.29 is 31.4 Å². The Morgan fingerprint density at radius 3 is 2.18 bits per heavy atom. The second-order valence-electron chi connectivity index (χ2n) is 6.39. The van der Waals surface area contributed by atoms with Crippen LogP contribution in [0.2, 0.25) is 0 Å². The van der Waals surface area contributed by atoms with Crippen LogP contribution in [0.5, 0.6) is 17.2 Å². The minimum Gasteiger partial charge on any atom is -0.493 e. The van der Waals surface area contributed by atoms with Crippen LogP contribution in [0.1, 0.15) is 0 Å². The van der Waals surface area contributed by atoms with E-state index in [0.29, 0.717) is 22.9 Å². The maximum Gasteiger partial charge on any atom is 0.296 e. The van der Waals surface area contributed by atoms with Crippen molar-refractivity contribution in [3.05, 3.63) is 48.2 Å². The van der Waals surface area contributed by atoms with Gasteiger partial charge in [0.15, 0.2) is 23.1 Å². The van der Waals surface area contributed by atoms with Gasteiger partial charge >= 0.3 is 0 Å². The van der Waals surface area contributed by atoms with Crippen LogP contribution in [0.15, 0.2) is 36.5 Å². The molecule has 1 heterocycles. The van der Waals surface area contributed by atoms with E-state index in [1.807, 2.05) is 4.72 Å². The van der Waals surface area contributed by atoms with Gasteiger partial charge in [0.05, 0.1) is 38.9 Å². The van der Waals surface area contributed by atoms with E-state index >= 15 is 0 Å². The number of rotatable bonds is 9. The first-order valence-corrected chi connectivity index (χ1v) is 10.6. The van der Waals surface area contributed by atoms with Crippen LogP contribution in [0.25, 0.3) is 0 Å². The first kappa shape index (κ1) is 23.7. The monoisotopic (exact) mass is 482 g/mol. The molecular formula is C19H20F2N6O5S. The van der Waals surface area contributed by atoms with Gasteiger partial charge in [0, 0.05) is 17.8 Å². The molecule has 0 saturated carbocycles. The summed E-state index contributed by atoms with van der Waals surface area (Å²) < 4.78 is 68.7. The molecule has 0 spiro atoms. The number of anilines is 5. The van der Waals surface area contributed by atoms with E-state index in [1.54, 1.807) is 12.1 Å². The lowest BCUT2D eigenvalue weighted by atomic mass is 10.2. The van der Waals surface area contributed by atoms with Gasteiger partial charge in [-0.15, -0.1) is 0 Å².